The normalized spacial score (nSPS) is 19.2. The van der Waals surface area contributed by atoms with Gasteiger partial charge in [-0.05, 0) is 12.1 Å². The van der Waals surface area contributed by atoms with E-state index in [0.717, 1.165) is 0 Å². The summed E-state index contributed by atoms with van der Waals surface area (Å²) in [5.41, 5.74) is 0.142. The van der Waals surface area contributed by atoms with Crippen LogP contribution in [0.4, 0.5) is 5.69 Å². The topological polar surface area (TPSA) is 81.5 Å². The average Bonchev–Trinajstić information content (AvgIpc) is 2.14. The van der Waals surface area contributed by atoms with Crippen molar-refractivity contribution in [2.24, 2.45) is 0 Å². The molecule has 0 spiro atoms. The van der Waals surface area contributed by atoms with Crippen LogP contribution in [0.5, 0.6) is 0 Å². The molecule has 1 aromatic rings. The maximum atomic E-state index is 11.6. The number of hydrogen-bond acceptors (Lipinski definition) is 4. The molecule has 5 nitrogen and oxygen atoms in total. The molecule has 0 fully saturated rings. The third-order valence-electron chi connectivity index (χ3n) is 2.01. The van der Waals surface area contributed by atoms with Crippen molar-refractivity contribution in [1.82, 2.24) is 0 Å². The van der Waals surface area contributed by atoms with E-state index in [4.69, 9.17) is 5.41 Å². The number of nitrogens with zero attached hydrogens (tertiary/aromatic N) is 1. The Morgan fingerprint density at radius 3 is 2.71 bits per heavy atom. The number of anilines is 1. The summed E-state index contributed by atoms with van der Waals surface area (Å²) in [5, 5.41) is 17.3. The number of benzene rings is 1. The van der Waals surface area contributed by atoms with Crippen LogP contribution in [-0.4, -0.2) is 25.2 Å². The van der Waals surface area contributed by atoms with E-state index < -0.39 is 15.6 Å². The van der Waals surface area contributed by atoms with Crippen molar-refractivity contribution >= 4 is 21.4 Å². The Morgan fingerprint density at radius 1 is 1.36 bits per heavy atom. The highest BCUT2D eigenvalue weighted by molar-refractivity contribution is 7.92. The van der Waals surface area contributed by atoms with Gasteiger partial charge in [0, 0.05) is 0 Å². The van der Waals surface area contributed by atoms with Crippen molar-refractivity contribution in [2.75, 3.05) is 10.8 Å². The second kappa shape index (κ2) is 2.79. The summed E-state index contributed by atoms with van der Waals surface area (Å²) in [6.45, 7) is 0. The number of rotatable bonds is 0. The zero-order valence-corrected chi connectivity index (χ0v) is 7.95. The van der Waals surface area contributed by atoms with Gasteiger partial charge >= 0.3 is 0 Å². The fourth-order valence-electron chi connectivity index (χ4n) is 1.36. The van der Waals surface area contributed by atoms with Gasteiger partial charge in [0.2, 0.25) is 0 Å². The molecule has 0 radical (unpaired) electrons. The van der Waals surface area contributed by atoms with E-state index in [1.165, 1.54) is 12.1 Å². The van der Waals surface area contributed by atoms with Crippen LogP contribution in [0.3, 0.4) is 0 Å². The van der Waals surface area contributed by atoms with Crippen molar-refractivity contribution in [3.63, 3.8) is 0 Å². The summed E-state index contributed by atoms with van der Waals surface area (Å²) in [6.07, 6.45) is 0. The van der Waals surface area contributed by atoms with E-state index in [1.807, 2.05) is 0 Å². The third kappa shape index (κ3) is 1.19. The zero-order chi connectivity index (χ0) is 10.3. The highest BCUT2D eigenvalue weighted by Gasteiger charge is 2.31. The minimum Gasteiger partial charge on any atom is -0.285 e. The first kappa shape index (κ1) is 9.17. The predicted molar refractivity (Wildman–Crippen MR) is 50.5 cm³/mol. The first-order valence-corrected chi connectivity index (χ1v) is 5.56. The molecule has 1 aliphatic rings. The predicted octanol–water partition coefficient (Wildman–Crippen LogP) is 0.647. The molecule has 0 aromatic heterocycles. The number of nitrogens with one attached hydrogen (secondary N) is 1. The Labute approximate surface area is 81.0 Å². The lowest BCUT2D eigenvalue weighted by Gasteiger charge is -2.25. The quantitative estimate of drug-likeness (QED) is 0.661. The molecule has 0 amide bonds. The van der Waals surface area contributed by atoms with E-state index in [-0.39, 0.29) is 16.4 Å². The molecule has 0 saturated carbocycles. The molecule has 0 saturated heterocycles. The molecular weight excluding hydrogens is 204 g/mol. The molecule has 0 aliphatic carbocycles. The van der Waals surface area contributed by atoms with Crippen LogP contribution in [0.1, 0.15) is 0 Å². The van der Waals surface area contributed by atoms with Crippen LogP contribution >= 0.6 is 0 Å². The zero-order valence-electron chi connectivity index (χ0n) is 7.14. The highest BCUT2D eigenvalue weighted by Crippen LogP contribution is 2.29. The summed E-state index contributed by atoms with van der Waals surface area (Å²) in [6, 6.07) is 6.07. The third-order valence-corrected chi connectivity index (χ3v) is 3.68. The number of para-hydroxylation sites is 1. The molecule has 74 valence electrons. The van der Waals surface area contributed by atoms with Gasteiger partial charge in [-0.25, -0.2) is 13.5 Å². The molecule has 1 aromatic carbocycles. The maximum absolute atomic E-state index is 11.6. The maximum Gasteiger partial charge on any atom is 0.187 e. The second-order valence-corrected chi connectivity index (χ2v) is 4.94. The first-order chi connectivity index (χ1) is 6.52. The molecule has 0 atom stereocenters. The summed E-state index contributed by atoms with van der Waals surface area (Å²) in [5.74, 6) is -0.788. The van der Waals surface area contributed by atoms with Gasteiger partial charge in [0.05, 0.1) is 10.6 Å². The summed E-state index contributed by atoms with van der Waals surface area (Å²) in [4.78, 5) is 0.0681. The Kier molecular flexibility index (Phi) is 1.83. The molecule has 0 unspecified atom stereocenters. The lowest BCUT2D eigenvalue weighted by molar-refractivity contribution is 0.307. The van der Waals surface area contributed by atoms with Gasteiger partial charge in [-0.15, -0.1) is 0 Å². The second-order valence-electron chi connectivity index (χ2n) is 2.99. The number of hydroxylamine groups is 1. The minimum absolute atomic E-state index is 0.0681. The van der Waals surface area contributed by atoms with Crippen molar-refractivity contribution in [2.45, 2.75) is 4.90 Å². The summed E-state index contributed by atoms with van der Waals surface area (Å²) < 4.78 is 23.1. The van der Waals surface area contributed by atoms with E-state index in [2.05, 4.69) is 0 Å². The van der Waals surface area contributed by atoms with Gasteiger partial charge in [-0.3, -0.25) is 10.6 Å². The highest BCUT2D eigenvalue weighted by atomic mass is 32.2. The van der Waals surface area contributed by atoms with Gasteiger partial charge < -0.3 is 0 Å². The van der Waals surface area contributed by atoms with Crippen molar-refractivity contribution in [3.8, 4) is 0 Å². The number of sulfone groups is 1. The van der Waals surface area contributed by atoms with E-state index in [0.29, 0.717) is 5.06 Å². The molecule has 14 heavy (non-hydrogen) atoms. The smallest absolute Gasteiger partial charge is 0.187 e. The fraction of sp³-hybridized carbons (Fsp3) is 0.125. The van der Waals surface area contributed by atoms with Crippen LogP contribution in [0, 0.1) is 5.41 Å². The fourth-order valence-corrected chi connectivity index (χ4v) is 2.76. The average molecular weight is 212 g/mol. The van der Waals surface area contributed by atoms with Gasteiger partial charge in [0.25, 0.3) is 0 Å². The Hall–Kier alpha value is -1.40. The Morgan fingerprint density at radius 2 is 2.00 bits per heavy atom. The van der Waals surface area contributed by atoms with Crippen molar-refractivity contribution < 1.29 is 13.6 Å². The minimum atomic E-state index is -3.45. The van der Waals surface area contributed by atoms with E-state index in [9.17, 15) is 13.6 Å². The van der Waals surface area contributed by atoms with Crippen LogP contribution in [0.2, 0.25) is 0 Å². The van der Waals surface area contributed by atoms with Crippen LogP contribution in [0.15, 0.2) is 29.2 Å². The van der Waals surface area contributed by atoms with Crippen LogP contribution < -0.4 is 5.06 Å². The monoisotopic (exact) mass is 212 g/mol. The lowest BCUT2D eigenvalue weighted by atomic mass is 10.3. The lowest BCUT2D eigenvalue weighted by Crippen LogP contribution is -2.37. The van der Waals surface area contributed by atoms with Gasteiger partial charge in [-0.1, -0.05) is 12.1 Å². The number of hydrogen-bond donors (Lipinski definition) is 2. The summed E-state index contributed by atoms with van der Waals surface area (Å²) >= 11 is 0. The molecule has 1 heterocycles. The largest absolute Gasteiger partial charge is 0.285 e. The SMILES string of the molecule is N=C1CS(=O)(=O)c2ccccc2N1O. The Bertz CT molecular complexity index is 495. The van der Waals surface area contributed by atoms with Crippen LogP contribution in [-0.2, 0) is 9.84 Å². The van der Waals surface area contributed by atoms with Gasteiger partial charge in [-0.2, -0.15) is 0 Å². The van der Waals surface area contributed by atoms with E-state index >= 15 is 0 Å². The molecule has 1 aliphatic heterocycles. The van der Waals surface area contributed by atoms with Crippen LogP contribution in [0.25, 0.3) is 0 Å². The van der Waals surface area contributed by atoms with Gasteiger partial charge in [0.1, 0.15) is 11.6 Å². The molecule has 0 bridgehead atoms. The molecule has 2 rings (SSSR count). The standard InChI is InChI=1S/C8H8N2O3S/c9-8-5-14(12,13)7-4-2-1-3-6(7)10(8)11/h1-4,9,11H,5H2. The van der Waals surface area contributed by atoms with E-state index in [1.54, 1.807) is 12.1 Å². The number of amidine groups is 1. The molecule has 6 heteroatoms. The van der Waals surface area contributed by atoms with Crippen molar-refractivity contribution in [3.05, 3.63) is 24.3 Å². The number of fused-ring (bicyclic) bond motifs is 1. The molecular formula is C8H8N2O3S. The first-order valence-electron chi connectivity index (χ1n) is 3.90. The molecule has 2 N–H and O–H groups in total. The van der Waals surface area contributed by atoms with Crippen molar-refractivity contribution in [1.29, 1.82) is 5.41 Å². The summed E-state index contributed by atoms with van der Waals surface area (Å²) in [7, 11) is -3.45. The Balaban J connectivity index is 2.74. The van der Waals surface area contributed by atoms with Gasteiger partial charge in [0.15, 0.2) is 9.84 Å².